The molecule has 0 aliphatic carbocycles. The first-order valence-electron chi connectivity index (χ1n) is 12.7. The molecule has 1 aliphatic rings. The van der Waals surface area contributed by atoms with Gasteiger partial charge < -0.3 is 5.32 Å². The highest BCUT2D eigenvalue weighted by Gasteiger charge is 2.36. The summed E-state index contributed by atoms with van der Waals surface area (Å²) in [5, 5.41) is 14.1. The summed E-state index contributed by atoms with van der Waals surface area (Å²) in [6.07, 6.45) is 7.19. The molecule has 0 unspecified atom stereocenters. The van der Waals surface area contributed by atoms with Gasteiger partial charge in [0.05, 0.1) is 17.9 Å². The number of hydrogen-bond acceptors (Lipinski definition) is 5. The molecular formula is C27H42N4O4. The monoisotopic (exact) mass is 486 g/mol. The van der Waals surface area contributed by atoms with Gasteiger partial charge in [0, 0.05) is 6.54 Å². The number of benzene rings is 1. The van der Waals surface area contributed by atoms with Crippen LogP contribution in [-0.2, 0) is 14.4 Å². The number of allylic oxidation sites excluding steroid dienone is 1. The first-order valence-corrected chi connectivity index (χ1v) is 12.7. The van der Waals surface area contributed by atoms with Crippen LogP contribution in [0.15, 0.2) is 36.4 Å². The van der Waals surface area contributed by atoms with E-state index in [0.29, 0.717) is 13.0 Å². The van der Waals surface area contributed by atoms with Crippen molar-refractivity contribution in [3.63, 3.8) is 0 Å². The third-order valence-electron chi connectivity index (χ3n) is 6.16. The predicted molar refractivity (Wildman–Crippen MR) is 137 cm³/mol. The zero-order valence-corrected chi connectivity index (χ0v) is 21.5. The fourth-order valence-electron chi connectivity index (χ4n) is 4.44. The van der Waals surface area contributed by atoms with Crippen molar-refractivity contribution in [1.82, 2.24) is 21.2 Å². The summed E-state index contributed by atoms with van der Waals surface area (Å²) < 4.78 is 0. The van der Waals surface area contributed by atoms with Gasteiger partial charge in [0.1, 0.15) is 0 Å². The van der Waals surface area contributed by atoms with E-state index in [1.54, 1.807) is 5.48 Å². The predicted octanol–water partition coefficient (Wildman–Crippen LogP) is 3.53. The van der Waals surface area contributed by atoms with Gasteiger partial charge in [0.2, 0.25) is 11.8 Å². The Labute approximate surface area is 209 Å². The minimum atomic E-state index is -0.786. The molecule has 194 valence electrons. The fraction of sp³-hybridized carbons (Fsp3) is 0.593. The Morgan fingerprint density at radius 2 is 1.77 bits per heavy atom. The summed E-state index contributed by atoms with van der Waals surface area (Å²) in [5.74, 6) is -2.37. The largest absolute Gasteiger partial charge is 0.306 e. The SMILES string of the molecule is CC(C)C[C@@H](C(=O)NN(CC(C)C)C(=O)[C@H]1CCCCN1)[C@H](C/C=C/c1ccccc1)C(=O)NO. The Balaban J connectivity index is 2.23. The highest BCUT2D eigenvalue weighted by Crippen LogP contribution is 2.26. The number of nitrogens with one attached hydrogen (secondary N) is 3. The van der Waals surface area contributed by atoms with Crippen LogP contribution in [0.1, 0.15) is 65.4 Å². The molecular weight excluding hydrogens is 444 g/mol. The molecule has 0 spiro atoms. The second-order valence-electron chi connectivity index (χ2n) is 10.2. The van der Waals surface area contributed by atoms with Crippen LogP contribution in [0, 0.1) is 23.7 Å². The van der Waals surface area contributed by atoms with Gasteiger partial charge in [0.15, 0.2) is 0 Å². The lowest BCUT2D eigenvalue weighted by molar-refractivity contribution is -0.149. The number of amides is 3. The normalized spacial score (nSPS) is 17.9. The third kappa shape index (κ3) is 9.45. The van der Waals surface area contributed by atoms with E-state index in [1.807, 2.05) is 70.2 Å². The molecule has 1 aliphatic heterocycles. The first kappa shape index (κ1) is 28.5. The zero-order chi connectivity index (χ0) is 25.8. The van der Waals surface area contributed by atoms with E-state index in [2.05, 4.69) is 10.7 Å². The van der Waals surface area contributed by atoms with E-state index in [0.717, 1.165) is 31.4 Å². The summed E-state index contributed by atoms with van der Waals surface area (Å²) in [5.41, 5.74) is 5.56. The third-order valence-corrected chi connectivity index (χ3v) is 6.16. The maximum atomic E-state index is 13.5. The topological polar surface area (TPSA) is 111 Å². The number of hydrogen-bond donors (Lipinski definition) is 4. The molecule has 3 amide bonds. The minimum absolute atomic E-state index is 0.132. The quantitative estimate of drug-likeness (QED) is 0.282. The van der Waals surface area contributed by atoms with Gasteiger partial charge in [-0.25, -0.2) is 5.48 Å². The Hall–Kier alpha value is -2.71. The second-order valence-corrected chi connectivity index (χ2v) is 10.2. The van der Waals surface area contributed by atoms with Crippen LogP contribution in [0.4, 0.5) is 0 Å². The molecule has 0 aromatic heterocycles. The standard InChI is InChI=1S/C27H42N4O4/c1-19(2)17-23(22(26(33)30-35)14-10-13-21-11-6-5-7-12-21)25(32)29-31(18-20(3)4)27(34)24-15-8-9-16-28-24/h5-7,10-13,19-20,22-24,28,35H,8-9,14-18H2,1-4H3,(H,29,32)(H,30,33)/b13-10+/t22-,23+,24+/m0/s1. The summed E-state index contributed by atoms with van der Waals surface area (Å²) in [6, 6.07) is 9.35. The molecule has 35 heavy (non-hydrogen) atoms. The summed E-state index contributed by atoms with van der Waals surface area (Å²) in [6.45, 7) is 9.10. The molecule has 1 aromatic carbocycles. The Morgan fingerprint density at radius 3 is 2.34 bits per heavy atom. The summed E-state index contributed by atoms with van der Waals surface area (Å²) in [4.78, 5) is 39.4. The molecule has 1 aromatic rings. The van der Waals surface area contributed by atoms with Crippen LogP contribution in [0.5, 0.6) is 0 Å². The molecule has 1 saturated heterocycles. The second kappa shape index (κ2) is 14.6. The maximum absolute atomic E-state index is 13.5. The number of carbonyl (C=O) groups is 3. The fourth-order valence-corrected chi connectivity index (χ4v) is 4.44. The molecule has 2 rings (SSSR count). The summed E-state index contributed by atoms with van der Waals surface area (Å²) >= 11 is 0. The van der Waals surface area contributed by atoms with Gasteiger partial charge >= 0.3 is 0 Å². The van der Waals surface area contributed by atoms with Crippen molar-refractivity contribution in [1.29, 1.82) is 0 Å². The van der Waals surface area contributed by atoms with E-state index in [4.69, 9.17) is 0 Å². The molecule has 0 saturated carbocycles. The van der Waals surface area contributed by atoms with Crippen molar-refractivity contribution in [2.45, 2.75) is 65.8 Å². The van der Waals surface area contributed by atoms with Crippen LogP contribution in [0.25, 0.3) is 6.08 Å². The summed E-state index contributed by atoms with van der Waals surface area (Å²) in [7, 11) is 0. The molecule has 1 fully saturated rings. The van der Waals surface area contributed by atoms with E-state index in [-0.39, 0.29) is 36.1 Å². The van der Waals surface area contributed by atoms with Crippen molar-refractivity contribution in [2.24, 2.45) is 23.7 Å². The van der Waals surface area contributed by atoms with E-state index < -0.39 is 17.7 Å². The molecule has 3 atom stereocenters. The van der Waals surface area contributed by atoms with Crippen molar-refractivity contribution in [3.05, 3.63) is 42.0 Å². The highest BCUT2D eigenvalue weighted by atomic mass is 16.5. The minimum Gasteiger partial charge on any atom is -0.306 e. The lowest BCUT2D eigenvalue weighted by Gasteiger charge is -2.33. The molecule has 0 radical (unpaired) electrons. The molecule has 8 heteroatoms. The molecule has 4 N–H and O–H groups in total. The lowest BCUT2D eigenvalue weighted by atomic mass is 9.82. The number of hydrazine groups is 1. The number of carbonyl (C=O) groups excluding carboxylic acids is 3. The van der Waals surface area contributed by atoms with Gasteiger partial charge in [-0.1, -0.05) is 76.6 Å². The average molecular weight is 487 g/mol. The van der Waals surface area contributed by atoms with E-state index in [9.17, 15) is 19.6 Å². The molecule has 0 bridgehead atoms. The lowest BCUT2D eigenvalue weighted by Crippen LogP contribution is -2.57. The van der Waals surface area contributed by atoms with Crippen molar-refractivity contribution < 1.29 is 19.6 Å². The van der Waals surface area contributed by atoms with Crippen molar-refractivity contribution in [3.8, 4) is 0 Å². The number of rotatable bonds is 11. The Bertz CT molecular complexity index is 835. The van der Waals surface area contributed by atoms with Crippen molar-refractivity contribution >= 4 is 23.8 Å². The molecule has 1 heterocycles. The van der Waals surface area contributed by atoms with Gasteiger partial charge in [-0.15, -0.1) is 0 Å². The smallest absolute Gasteiger partial charge is 0.258 e. The molecule has 8 nitrogen and oxygen atoms in total. The van der Waals surface area contributed by atoms with Crippen LogP contribution < -0.4 is 16.2 Å². The van der Waals surface area contributed by atoms with E-state index in [1.165, 1.54) is 5.01 Å². The van der Waals surface area contributed by atoms with Crippen LogP contribution in [0.3, 0.4) is 0 Å². The highest BCUT2D eigenvalue weighted by molar-refractivity contribution is 5.90. The van der Waals surface area contributed by atoms with Crippen LogP contribution in [0.2, 0.25) is 0 Å². The van der Waals surface area contributed by atoms with Gasteiger partial charge in [-0.3, -0.25) is 30.0 Å². The van der Waals surface area contributed by atoms with Crippen molar-refractivity contribution in [2.75, 3.05) is 13.1 Å². The Morgan fingerprint density at radius 1 is 1.06 bits per heavy atom. The van der Waals surface area contributed by atoms with E-state index >= 15 is 0 Å². The van der Waals surface area contributed by atoms with Gasteiger partial charge in [-0.2, -0.15) is 0 Å². The van der Waals surface area contributed by atoms with Gasteiger partial charge in [0.25, 0.3) is 5.91 Å². The van der Waals surface area contributed by atoms with Crippen LogP contribution >= 0.6 is 0 Å². The number of hydroxylamine groups is 1. The maximum Gasteiger partial charge on any atom is 0.258 e. The average Bonchev–Trinajstić information content (AvgIpc) is 2.85. The Kier molecular flexibility index (Phi) is 11.9. The number of nitrogens with zero attached hydrogens (tertiary/aromatic N) is 1. The number of piperidine rings is 1. The van der Waals surface area contributed by atoms with Gasteiger partial charge in [-0.05, 0) is 49.6 Å². The van der Waals surface area contributed by atoms with Crippen LogP contribution in [-0.4, -0.2) is 47.1 Å². The first-order chi connectivity index (χ1) is 16.7. The zero-order valence-electron chi connectivity index (χ0n) is 21.5.